The fourth-order valence-electron chi connectivity index (χ4n) is 2.46. The average Bonchev–Trinajstić information content (AvgIpc) is 2.95. The molecule has 0 fully saturated rings. The molecular weight excluding hydrogens is 322 g/mol. The lowest BCUT2D eigenvalue weighted by Crippen LogP contribution is -2.22. The number of anilines is 1. The van der Waals surface area contributed by atoms with E-state index in [1.165, 1.54) is 23.3 Å². The molecular formula is C16H17N7O2. The van der Waals surface area contributed by atoms with Gasteiger partial charge in [-0.2, -0.15) is 9.78 Å². The van der Waals surface area contributed by atoms with Crippen LogP contribution in [0.5, 0.6) is 0 Å². The van der Waals surface area contributed by atoms with Crippen molar-refractivity contribution in [3.05, 3.63) is 57.7 Å². The molecule has 2 N–H and O–H groups in total. The number of aryl methyl sites for hydroxylation is 2. The Balaban J connectivity index is 2.00. The second kappa shape index (κ2) is 6.63. The second-order valence-corrected chi connectivity index (χ2v) is 5.43. The average molecular weight is 339 g/mol. The van der Waals surface area contributed by atoms with E-state index in [4.69, 9.17) is 0 Å². The minimum atomic E-state index is -0.432. The van der Waals surface area contributed by atoms with Crippen molar-refractivity contribution < 1.29 is 4.79 Å². The van der Waals surface area contributed by atoms with E-state index in [-0.39, 0.29) is 17.2 Å². The number of carbonyl (C=O) groups is 1. The van der Waals surface area contributed by atoms with Crippen LogP contribution in [0.2, 0.25) is 0 Å². The standard InChI is InChI=1S/C16H17N7O2/c1-4-11-10(3)19-16(21-14(11)24)23-13(7-9(2)22-23)20-15(25)12-8-17-5-6-18-12/h5-8H,4H2,1-3H3,(H,20,25)(H,19,21,24). The zero-order valence-corrected chi connectivity index (χ0v) is 14.1. The van der Waals surface area contributed by atoms with Gasteiger partial charge < -0.3 is 5.32 Å². The summed E-state index contributed by atoms with van der Waals surface area (Å²) in [5, 5.41) is 7.01. The summed E-state index contributed by atoms with van der Waals surface area (Å²) in [6, 6.07) is 1.68. The number of amides is 1. The number of nitrogens with one attached hydrogen (secondary N) is 2. The van der Waals surface area contributed by atoms with E-state index in [1.807, 2.05) is 6.92 Å². The maximum atomic E-state index is 12.3. The van der Waals surface area contributed by atoms with Crippen molar-refractivity contribution in [1.29, 1.82) is 0 Å². The highest BCUT2D eigenvalue weighted by atomic mass is 16.2. The summed E-state index contributed by atoms with van der Waals surface area (Å²) in [6.45, 7) is 5.44. The highest BCUT2D eigenvalue weighted by Gasteiger charge is 2.16. The van der Waals surface area contributed by atoms with Crippen LogP contribution in [0.1, 0.15) is 34.4 Å². The Morgan fingerprint density at radius 1 is 1.32 bits per heavy atom. The van der Waals surface area contributed by atoms with Gasteiger partial charge in [0.05, 0.1) is 11.9 Å². The number of hydrogen-bond donors (Lipinski definition) is 2. The summed E-state index contributed by atoms with van der Waals surface area (Å²) in [4.78, 5) is 39.4. The normalized spacial score (nSPS) is 10.7. The van der Waals surface area contributed by atoms with E-state index < -0.39 is 5.91 Å². The van der Waals surface area contributed by atoms with Crippen molar-refractivity contribution in [3.8, 4) is 5.95 Å². The monoisotopic (exact) mass is 339 g/mol. The summed E-state index contributed by atoms with van der Waals surface area (Å²) in [7, 11) is 0. The smallest absolute Gasteiger partial charge is 0.277 e. The third-order valence-corrected chi connectivity index (χ3v) is 3.63. The number of nitrogens with zero attached hydrogens (tertiary/aromatic N) is 5. The topological polar surface area (TPSA) is 118 Å². The summed E-state index contributed by atoms with van der Waals surface area (Å²) < 4.78 is 1.39. The predicted molar refractivity (Wildman–Crippen MR) is 90.8 cm³/mol. The van der Waals surface area contributed by atoms with Gasteiger partial charge in [-0.15, -0.1) is 0 Å². The van der Waals surface area contributed by atoms with Crippen LogP contribution in [0.4, 0.5) is 5.82 Å². The molecule has 0 bridgehead atoms. The Kier molecular flexibility index (Phi) is 4.38. The van der Waals surface area contributed by atoms with E-state index in [0.29, 0.717) is 29.2 Å². The number of aromatic nitrogens is 6. The molecule has 9 heteroatoms. The Labute approximate surface area is 143 Å². The van der Waals surface area contributed by atoms with E-state index in [2.05, 4.69) is 30.4 Å². The third kappa shape index (κ3) is 3.30. The van der Waals surface area contributed by atoms with E-state index in [9.17, 15) is 9.59 Å². The molecule has 0 aliphatic carbocycles. The van der Waals surface area contributed by atoms with Gasteiger partial charge in [0, 0.05) is 29.7 Å². The molecule has 9 nitrogen and oxygen atoms in total. The van der Waals surface area contributed by atoms with Gasteiger partial charge in [-0.05, 0) is 20.3 Å². The van der Waals surface area contributed by atoms with Gasteiger partial charge in [0.1, 0.15) is 11.5 Å². The van der Waals surface area contributed by atoms with E-state index in [0.717, 1.165) is 0 Å². The number of aromatic amines is 1. The molecule has 3 aromatic heterocycles. The first-order valence-electron chi connectivity index (χ1n) is 7.73. The lowest BCUT2D eigenvalue weighted by atomic mass is 10.2. The zero-order valence-electron chi connectivity index (χ0n) is 14.1. The first kappa shape index (κ1) is 16.5. The zero-order chi connectivity index (χ0) is 18.0. The fraction of sp³-hybridized carbons (Fsp3) is 0.250. The minimum Gasteiger partial charge on any atom is -0.305 e. The predicted octanol–water partition coefficient (Wildman–Crippen LogP) is 1.18. The maximum Gasteiger partial charge on any atom is 0.277 e. The van der Waals surface area contributed by atoms with Gasteiger partial charge in [-0.25, -0.2) is 9.97 Å². The van der Waals surface area contributed by atoms with Crippen molar-refractivity contribution >= 4 is 11.7 Å². The molecule has 3 heterocycles. The largest absolute Gasteiger partial charge is 0.305 e. The van der Waals surface area contributed by atoms with Gasteiger partial charge in [0.15, 0.2) is 0 Å². The maximum absolute atomic E-state index is 12.3. The molecule has 0 atom stereocenters. The Bertz CT molecular complexity index is 976. The summed E-state index contributed by atoms with van der Waals surface area (Å²) in [5.41, 5.74) is 1.86. The summed E-state index contributed by atoms with van der Waals surface area (Å²) in [6.07, 6.45) is 4.87. The number of hydrogen-bond acceptors (Lipinski definition) is 6. The number of carbonyl (C=O) groups excluding carboxylic acids is 1. The Morgan fingerprint density at radius 3 is 2.76 bits per heavy atom. The molecule has 0 aromatic carbocycles. The molecule has 25 heavy (non-hydrogen) atoms. The molecule has 3 rings (SSSR count). The van der Waals surface area contributed by atoms with Gasteiger partial charge in [0.25, 0.3) is 11.5 Å². The van der Waals surface area contributed by atoms with Crippen molar-refractivity contribution in [3.63, 3.8) is 0 Å². The third-order valence-electron chi connectivity index (χ3n) is 3.63. The second-order valence-electron chi connectivity index (χ2n) is 5.43. The molecule has 0 saturated heterocycles. The fourth-order valence-corrected chi connectivity index (χ4v) is 2.46. The molecule has 0 saturated carbocycles. The highest BCUT2D eigenvalue weighted by molar-refractivity contribution is 6.02. The summed E-state index contributed by atoms with van der Waals surface area (Å²) >= 11 is 0. The lowest BCUT2D eigenvalue weighted by molar-refractivity contribution is 0.102. The van der Waals surface area contributed by atoms with Crippen molar-refractivity contribution in [1.82, 2.24) is 29.7 Å². The quantitative estimate of drug-likeness (QED) is 0.737. The molecule has 1 amide bonds. The minimum absolute atomic E-state index is 0.173. The van der Waals surface area contributed by atoms with Crippen LogP contribution in [0.3, 0.4) is 0 Å². The van der Waals surface area contributed by atoms with Crippen LogP contribution in [0.25, 0.3) is 5.95 Å². The van der Waals surface area contributed by atoms with E-state index in [1.54, 1.807) is 19.9 Å². The molecule has 0 aliphatic rings. The molecule has 0 radical (unpaired) electrons. The number of rotatable bonds is 4. The molecule has 0 spiro atoms. The SMILES string of the molecule is CCc1c(C)nc(-n2nc(C)cc2NC(=O)c2cnccn2)[nH]c1=O. The highest BCUT2D eigenvalue weighted by Crippen LogP contribution is 2.15. The van der Waals surface area contributed by atoms with Crippen LogP contribution in [0, 0.1) is 13.8 Å². The molecule has 0 aliphatic heterocycles. The van der Waals surface area contributed by atoms with Crippen molar-refractivity contribution in [2.75, 3.05) is 5.32 Å². The number of H-pyrrole nitrogens is 1. The molecule has 3 aromatic rings. The van der Waals surface area contributed by atoms with Crippen LogP contribution in [-0.4, -0.2) is 35.6 Å². The summed E-state index contributed by atoms with van der Waals surface area (Å²) in [5.74, 6) is 0.181. The van der Waals surface area contributed by atoms with Crippen LogP contribution in [0.15, 0.2) is 29.5 Å². The Hall–Kier alpha value is -3.36. The van der Waals surface area contributed by atoms with Crippen molar-refractivity contribution in [2.45, 2.75) is 27.2 Å². The van der Waals surface area contributed by atoms with Gasteiger partial charge in [-0.3, -0.25) is 19.6 Å². The van der Waals surface area contributed by atoms with E-state index >= 15 is 0 Å². The van der Waals surface area contributed by atoms with Crippen LogP contribution in [-0.2, 0) is 6.42 Å². The van der Waals surface area contributed by atoms with Crippen molar-refractivity contribution in [2.24, 2.45) is 0 Å². The van der Waals surface area contributed by atoms with Gasteiger partial charge in [0.2, 0.25) is 5.95 Å². The van der Waals surface area contributed by atoms with Crippen LogP contribution < -0.4 is 10.9 Å². The van der Waals surface area contributed by atoms with Gasteiger partial charge >= 0.3 is 0 Å². The first-order valence-corrected chi connectivity index (χ1v) is 7.73. The van der Waals surface area contributed by atoms with Crippen LogP contribution >= 0.6 is 0 Å². The molecule has 0 unspecified atom stereocenters. The Morgan fingerprint density at radius 2 is 2.12 bits per heavy atom. The molecule has 128 valence electrons. The lowest BCUT2D eigenvalue weighted by Gasteiger charge is -2.09. The van der Waals surface area contributed by atoms with Gasteiger partial charge in [-0.1, -0.05) is 6.92 Å². The first-order chi connectivity index (χ1) is 12.0.